The number of anilines is 1. The van der Waals surface area contributed by atoms with Crippen molar-refractivity contribution >= 4 is 29.2 Å². The molecule has 1 aliphatic rings. The normalized spacial score (nSPS) is 15.4. The Kier molecular flexibility index (Phi) is 5.38. The first-order valence-electron chi connectivity index (χ1n) is 9.09. The first-order valence-corrected chi connectivity index (χ1v) is 10.4. The third-order valence-corrected chi connectivity index (χ3v) is 6.44. The molecule has 3 heterocycles. The number of aromatic nitrogens is 3. The second kappa shape index (κ2) is 7.92. The third kappa shape index (κ3) is 4.12. The molecule has 3 aromatic rings. The van der Waals surface area contributed by atoms with Crippen LogP contribution in [0.25, 0.3) is 0 Å². The molecule has 142 valence electrons. The van der Waals surface area contributed by atoms with Crippen LogP contribution in [-0.2, 0) is 20.1 Å². The van der Waals surface area contributed by atoms with Crippen LogP contribution in [0.3, 0.4) is 0 Å². The minimum absolute atomic E-state index is 0.189. The van der Waals surface area contributed by atoms with E-state index in [1.54, 1.807) is 11.3 Å². The molecule has 0 saturated carbocycles. The smallest absolute Gasteiger partial charge is 0.202 e. The minimum atomic E-state index is -0.189. The van der Waals surface area contributed by atoms with Crippen molar-refractivity contribution in [2.24, 2.45) is 7.05 Å². The summed E-state index contributed by atoms with van der Waals surface area (Å²) in [4.78, 5) is 5.07. The van der Waals surface area contributed by atoms with Crippen molar-refractivity contribution in [1.29, 1.82) is 0 Å². The summed E-state index contributed by atoms with van der Waals surface area (Å²) in [5, 5.41) is 6.86. The summed E-state index contributed by atoms with van der Waals surface area (Å²) in [7, 11) is 2.00. The van der Waals surface area contributed by atoms with Crippen LogP contribution in [0.5, 0.6) is 0 Å². The number of halogens is 1. The molecule has 0 spiro atoms. The highest BCUT2D eigenvalue weighted by molar-refractivity contribution is 7.71. The van der Waals surface area contributed by atoms with Crippen LogP contribution in [0.2, 0.25) is 0 Å². The summed E-state index contributed by atoms with van der Waals surface area (Å²) in [5.41, 5.74) is 1.09. The van der Waals surface area contributed by atoms with Crippen LogP contribution in [0.1, 0.15) is 10.7 Å². The molecule has 27 heavy (non-hydrogen) atoms. The van der Waals surface area contributed by atoms with E-state index in [0.717, 1.165) is 55.6 Å². The second-order valence-electron chi connectivity index (χ2n) is 6.89. The van der Waals surface area contributed by atoms with E-state index < -0.39 is 0 Å². The zero-order valence-electron chi connectivity index (χ0n) is 15.3. The van der Waals surface area contributed by atoms with Crippen LogP contribution in [0.15, 0.2) is 41.8 Å². The van der Waals surface area contributed by atoms with Crippen molar-refractivity contribution in [3.63, 3.8) is 0 Å². The van der Waals surface area contributed by atoms with E-state index in [-0.39, 0.29) is 5.82 Å². The Morgan fingerprint density at radius 3 is 2.59 bits per heavy atom. The lowest BCUT2D eigenvalue weighted by Gasteiger charge is -2.33. The van der Waals surface area contributed by atoms with Crippen LogP contribution in [0.4, 0.5) is 10.1 Å². The van der Waals surface area contributed by atoms with Gasteiger partial charge in [0, 0.05) is 24.0 Å². The van der Waals surface area contributed by atoms with E-state index >= 15 is 0 Å². The van der Waals surface area contributed by atoms with Crippen LogP contribution >= 0.6 is 23.6 Å². The molecule has 0 unspecified atom stereocenters. The first kappa shape index (κ1) is 18.3. The number of benzene rings is 1. The van der Waals surface area contributed by atoms with E-state index in [2.05, 4.69) is 22.4 Å². The maximum atomic E-state index is 13.1. The van der Waals surface area contributed by atoms with Gasteiger partial charge in [-0.25, -0.2) is 4.39 Å². The van der Waals surface area contributed by atoms with Gasteiger partial charge in [0.2, 0.25) is 4.77 Å². The minimum Gasteiger partial charge on any atom is -0.360 e. The number of rotatable bonds is 5. The lowest BCUT2D eigenvalue weighted by atomic mass is 10.2. The topological polar surface area (TPSA) is 30.4 Å². The zero-order valence-corrected chi connectivity index (χ0v) is 16.9. The molecule has 0 radical (unpaired) electrons. The summed E-state index contributed by atoms with van der Waals surface area (Å²) in [6.07, 6.45) is 0.818. The van der Waals surface area contributed by atoms with E-state index in [1.165, 1.54) is 21.9 Å². The Morgan fingerprint density at radius 2 is 1.93 bits per heavy atom. The number of hydrogen-bond acceptors (Lipinski definition) is 4. The molecule has 8 heteroatoms. The highest BCUT2D eigenvalue weighted by Crippen LogP contribution is 2.15. The average molecular weight is 405 g/mol. The van der Waals surface area contributed by atoms with Gasteiger partial charge >= 0.3 is 0 Å². The fourth-order valence-corrected chi connectivity index (χ4v) is 4.37. The number of hydrogen-bond donors (Lipinski definition) is 1. The molecule has 2 aromatic heterocycles. The van der Waals surface area contributed by atoms with E-state index in [4.69, 9.17) is 17.3 Å². The fourth-order valence-electron chi connectivity index (χ4n) is 3.46. The van der Waals surface area contributed by atoms with Crippen LogP contribution in [-0.4, -0.2) is 40.5 Å². The van der Waals surface area contributed by atoms with Gasteiger partial charge in [-0.3, -0.25) is 0 Å². The van der Waals surface area contributed by atoms with Crippen LogP contribution in [0, 0.1) is 10.6 Å². The summed E-state index contributed by atoms with van der Waals surface area (Å²) < 4.78 is 17.9. The van der Waals surface area contributed by atoms with Crippen molar-refractivity contribution < 1.29 is 9.29 Å². The van der Waals surface area contributed by atoms with E-state index in [1.807, 2.05) is 28.4 Å². The second-order valence-corrected chi connectivity index (χ2v) is 8.28. The van der Waals surface area contributed by atoms with Gasteiger partial charge in [-0.15, -0.1) is 11.3 Å². The molecule has 1 saturated heterocycles. The van der Waals surface area contributed by atoms with Gasteiger partial charge in [0.1, 0.15) is 11.6 Å². The number of piperazine rings is 1. The molecule has 1 N–H and O–H groups in total. The Labute approximate surface area is 167 Å². The summed E-state index contributed by atoms with van der Waals surface area (Å²) in [6, 6.07) is 11.0. The summed E-state index contributed by atoms with van der Waals surface area (Å²) >= 11 is 7.34. The van der Waals surface area contributed by atoms with Crippen molar-refractivity contribution in [3.05, 3.63) is 63.1 Å². The molecule has 0 amide bonds. The molecule has 1 fully saturated rings. The fraction of sp³-hybridized carbons (Fsp3) is 0.368. The Balaban J connectivity index is 1.39. The average Bonchev–Trinajstić information content (AvgIpc) is 3.28. The van der Waals surface area contributed by atoms with Gasteiger partial charge in [0.25, 0.3) is 0 Å². The highest BCUT2D eigenvalue weighted by Gasteiger charge is 2.22. The Hall–Kier alpha value is -2.03. The lowest BCUT2D eigenvalue weighted by Crippen LogP contribution is -3.14. The Morgan fingerprint density at radius 1 is 1.19 bits per heavy atom. The maximum Gasteiger partial charge on any atom is 0.202 e. The van der Waals surface area contributed by atoms with E-state index in [9.17, 15) is 4.39 Å². The molecule has 4 rings (SSSR count). The van der Waals surface area contributed by atoms with Gasteiger partial charge in [-0.2, -0.15) is 9.78 Å². The van der Waals surface area contributed by atoms with Gasteiger partial charge in [0.05, 0.1) is 26.2 Å². The van der Waals surface area contributed by atoms with Crippen LogP contribution < -0.4 is 9.80 Å². The highest BCUT2D eigenvalue weighted by atomic mass is 32.1. The van der Waals surface area contributed by atoms with Crippen molar-refractivity contribution in [2.75, 3.05) is 31.1 Å². The molecule has 0 bridgehead atoms. The number of thiophene rings is 1. The largest absolute Gasteiger partial charge is 0.360 e. The van der Waals surface area contributed by atoms with Gasteiger partial charge < -0.3 is 14.4 Å². The predicted molar refractivity (Wildman–Crippen MR) is 108 cm³/mol. The molecule has 5 nitrogen and oxygen atoms in total. The Bertz CT molecular complexity index is 938. The predicted octanol–water partition coefficient (Wildman–Crippen LogP) is 2.11. The van der Waals surface area contributed by atoms with Crippen molar-refractivity contribution in [2.45, 2.75) is 13.1 Å². The number of quaternary nitrogens is 1. The SMILES string of the molecule is Cn1c(Cc2cccs2)nn(C[NH+]2CCN(c3ccc(F)cc3)CC2)c1=S. The third-order valence-electron chi connectivity index (χ3n) is 5.08. The standard InChI is InChI=1S/C19H22FN5S2/c1-22-18(13-17-3-2-12-27-17)21-25(19(22)26)14-23-8-10-24(11-9-23)16-6-4-15(20)5-7-16/h2-7,12H,8-11,13-14H2,1H3/p+1. The number of nitrogens with zero attached hydrogens (tertiary/aromatic N) is 4. The molecule has 1 aromatic carbocycles. The molecular weight excluding hydrogens is 381 g/mol. The molecule has 1 aliphatic heterocycles. The maximum absolute atomic E-state index is 13.1. The molecular formula is C19H23FN5S2+. The monoisotopic (exact) mass is 404 g/mol. The molecule has 0 atom stereocenters. The summed E-state index contributed by atoms with van der Waals surface area (Å²) in [6.45, 7) is 4.70. The first-order chi connectivity index (χ1) is 13.1. The van der Waals surface area contributed by atoms with Gasteiger partial charge in [-0.05, 0) is 47.9 Å². The molecule has 0 aliphatic carbocycles. The number of nitrogens with one attached hydrogen (secondary N) is 1. The van der Waals surface area contributed by atoms with E-state index in [0.29, 0.717) is 0 Å². The zero-order chi connectivity index (χ0) is 18.8. The van der Waals surface area contributed by atoms with Crippen molar-refractivity contribution in [3.8, 4) is 0 Å². The van der Waals surface area contributed by atoms with Crippen molar-refractivity contribution in [1.82, 2.24) is 14.3 Å². The quantitative estimate of drug-likeness (QED) is 0.661. The summed E-state index contributed by atoms with van der Waals surface area (Å²) in [5.74, 6) is 0.817. The van der Waals surface area contributed by atoms with Gasteiger partial charge in [0.15, 0.2) is 6.67 Å². The lowest BCUT2D eigenvalue weighted by molar-refractivity contribution is -0.924. The van der Waals surface area contributed by atoms with Gasteiger partial charge in [-0.1, -0.05) is 6.07 Å².